The van der Waals surface area contributed by atoms with Crippen molar-refractivity contribution in [3.8, 4) is 0 Å². The molecular weight excluding hydrogens is 182 g/mol. The van der Waals surface area contributed by atoms with Gasteiger partial charge in [-0.05, 0) is 38.1 Å². The molecule has 0 heterocycles. The second-order valence-corrected chi connectivity index (χ2v) is 4.89. The molecule has 0 aromatic heterocycles. The molecule has 0 saturated carbocycles. The van der Waals surface area contributed by atoms with E-state index in [1.54, 1.807) is 0 Å². The van der Waals surface area contributed by atoms with E-state index in [2.05, 4.69) is 39.9 Å². The second-order valence-electron chi connectivity index (χ2n) is 4.89. The van der Waals surface area contributed by atoms with Crippen LogP contribution in [0.4, 0.5) is 0 Å². The molecule has 1 atom stereocenters. The van der Waals surface area contributed by atoms with E-state index in [9.17, 15) is 0 Å². The maximum absolute atomic E-state index is 3.64. The summed E-state index contributed by atoms with van der Waals surface area (Å²) in [7, 11) is 0. The van der Waals surface area contributed by atoms with Crippen LogP contribution >= 0.6 is 0 Å². The van der Waals surface area contributed by atoms with E-state index in [-0.39, 0.29) is 0 Å². The fourth-order valence-electron chi connectivity index (χ4n) is 3.04. The van der Waals surface area contributed by atoms with Crippen LogP contribution in [0.25, 0.3) is 0 Å². The molecule has 1 unspecified atom stereocenters. The van der Waals surface area contributed by atoms with Crippen LogP contribution in [0.15, 0.2) is 0 Å². The van der Waals surface area contributed by atoms with Crippen LogP contribution in [0.5, 0.6) is 0 Å². The van der Waals surface area contributed by atoms with Gasteiger partial charge in [-0.25, -0.2) is 0 Å². The average Bonchev–Trinajstić information content (AvgIpc) is 2.19. The van der Waals surface area contributed by atoms with Crippen molar-refractivity contribution in [2.24, 2.45) is 5.41 Å². The molecule has 0 aliphatic carbocycles. The van der Waals surface area contributed by atoms with Crippen LogP contribution in [-0.2, 0) is 0 Å². The zero-order valence-corrected chi connectivity index (χ0v) is 11.5. The summed E-state index contributed by atoms with van der Waals surface area (Å²) in [5, 5.41) is 3.64. The predicted molar refractivity (Wildman–Crippen MR) is 70.3 cm³/mol. The molecule has 0 amide bonds. The standard InChI is InChI=1S/C14H31N/c1-6-10-14(11-7-2,12-8-3)13(5)15-9-4/h13,15H,6-12H2,1-5H3. The van der Waals surface area contributed by atoms with E-state index in [1.165, 1.54) is 38.5 Å². The Kier molecular flexibility index (Phi) is 8.13. The Morgan fingerprint density at radius 3 is 1.53 bits per heavy atom. The van der Waals surface area contributed by atoms with Gasteiger partial charge >= 0.3 is 0 Å². The largest absolute Gasteiger partial charge is 0.314 e. The van der Waals surface area contributed by atoms with Crippen molar-refractivity contribution in [1.82, 2.24) is 5.32 Å². The Balaban J connectivity index is 4.57. The Morgan fingerprint density at radius 2 is 1.27 bits per heavy atom. The topological polar surface area (TPSA) is 12.0 Å². The minimum Gasteiger partial charge on any atom is -0.314 e. The third-order valence-corrected chi connectivity index (χ3v) is 3.67. The van der Waals surface area contributed by atoms with E-state index >= 15 is 0 Å². The van der Waals surface area contributed by atoms with Crippen LogP contribution < -0.4 is 5.32 Å². The maximum Gasteiger partial charge on any atom is 0.00950 e. The lowest BCUT2D eigenvalue weighted by Gasteiger charge is -2.40. The van der Waals surface area contributed by atoms with E-state index in [4.69, 9.17) is 0 Å². The van der Waals surface area contributed by atoms with Crippen molar-refractivity contribution in [2.75, 3.05) is 6.54 Å². The lowest BCUT2D eigenvalue weighted by atomic mass is 9.70. The summed E-state index contributed by atoms with van der Waals surface area (Å²) in [5.74, 6) is 0. The quantitative estimate of drug-likeness (QED) is 0.599. The summed E-state index contributed by atoms with van der Waals surface area (Å²) in [6.45, 7) is 12.6. The molecule has 1 nitrogen and oxygen atoms in total. The van der Waals surface area contributed by atoms with Gasteiger partial charge in [-0.2, -0.15) is 0 Å². The van der Waals surface area contributed by atoms with Gasteiger partial charge in [0.05, 0.1) is 0 Å². The van der Waals surface area contributed by atoms with Crippen molar-refractivity contribution in [1.29, 1.82) is 0 Å². The predicted octanol–water partition coefficient (Wildman–Crippen LogP) is 4.37. The first-order chi connectivity index (χ1) is 7.16. The molecule has 0 aliphatic rings. The van der Waals surface area contributed by atoms with Gasteiger partial charge in [-0.3, -0.25) is 0 Å². The molecule has 1 N–H and O–H groups in total. The molecule has 15 heavy (non-hydrogen) atoms. The number of hydrogen-bond acceptors (Lipinski definition) is 1. The molecule has 0 saturated heterocycles. The monoisotopic (exact) mass is 213 g/mol. The summed E-state index contributed by atoms with van der Waals surface area (Å²) < 4.78 is 0. The number of hydrogen-bond donors (Lipinski definition) is 1. The van der Waals surface area contributed by atoms with Gasteiger partial charge in [0.2, 0.25) is 0 Å². The maximum atomic E-state index is 3.64. The molecule has 0 aliphatic heterocycles. The SMILES string of the molecule is CCCC(CCC)(CCC)C(C)NCC. The highest BCUT2D eigenvalue weighted by Crippen LogP contribution is 2.38. The molecular formula is C14H31N. The van der Waals surface area contributed by atoms with E-state index in [0.29, 0.717) is 11.5 Å². The molecule has 0 rings (SSSR count). The van der Waals surface area contributed by atoms with Gasteiger partial charge in [0, 0.05) is 6.04 Å². The molecule has 0 aromatic rings. The highest BCUT2D eigenvalue weighted by atomic mass is 14.9. The lowest BCUT2D eigenvalue weighted by Crippen LogP contribution is -2.43. The summed E-state index contributed by atoms with van der Waals surface area (Å²) in [6, 6.07) is 0.669. The molecule has 92 valence electrons. The minimum atomic E-state index is 0.550. The Hall–Kier alpha value is -0.0400. The Labute approximate surface area is 97.0 Å². The molecule has 0 fully saturated rings. The molecule has 0 spiro atoms. The van der Waals surface area contributed by atoms with Crippen LogP contribution in [-0.4, -0.2) is 12.6 Å². The van der Waals surface area contributed by atoms with Crippen LogP contribution in [0, 0.1) is 5.41 Å². The smallest absolute Gasteiger partial charge is 0.00950 e. The number of rotatable bonds is 9. The molecule has 0 bridgehead atoms. The summed E-state index contributed by atoms with van der Waals surface area (Å²) in [6.07, 6.45) is 8.08. The van der Waals surface area contributed by atoms with Crippen molar-refractivity contribution in [3.05, 3.63) is 0 Å². The summed E-state index contributed by atoms with van der Waals surface area (Å²) in [4.78, 5) is 0. The summed E-state index contributed by atoms with van der Waals surface area (Å²) in [5.41, 5.74) is 0.550. The normalized spacial score (nSPS) is 14.2. The Bertz CT molecular complexity index is 125. The van der Waals surface area contributed by atoms with E-state index in [1.807, 2.05) is 0 Å². The third-order valence-electron chi connectivity index (χ3n) is 3.67. The van der Waals surface area contributed by atoms with Crippen LogP contribution in [0.2, 0.25) is 0 Å². The number of nitrogens with one attached hydrogen (secondary N) is 1. The van der Waals surface area contributed by atoms with Crippen LogP contribution in [0.1, 0.15) is 73.1 Å². The van der Waals surface area contributed by atoms with Crippen molar-refractivity contribution in [3.63, 3.8) is 0 Å². The van der Waals surface area contributed by atoms with Crippen LogP contribution in [0.3, 0.4) is 0 Å². The summed E-state index contributed by atoms with van der Waals surface area (Å²) >= 11 is 0. The van der Waals surface area contributed by atoms with E-state index in [0.717, 1.165) is 6.54 Å². The first-order valence-corrected chi connectivity index (χ1v) is 6.90. The lowest BCUT2D eigenvalue weighted by molar-refractivity contribution is 0.147. The van der Waals surface area contributed by atoms with E-state index < -0.39 is 0 Å². The zero-order chi connectivity index (χ0) is 11.7. The first kappa shape index (κ1) is 15.0. The Morgan fingerprint density at radius 1 is 0.867 bits per heavy atom. The zero-order valence-electron chi connectivity index (χ0n) is 11.5. The molecule has 1 heteroatoms. The average molecular weight is 213 g/mol. The second kappa shape index (κ2) is 8.15. The first-order valence-electron chi connectivity index (χ1n) is 6.90. The van der Waals surface area contributed by atoms with Gasteiger partial charge in [-0.15, -0.1) is 0 Å². The highest BCUT2D eigenvalue weighted by Gasteiger charge is 2.32. The van der Waals surface area contributed by atoms with Gasteiger partial charge in [0.25, 0.3) is 0 Å². The van der Waals surface area contributed by atoms with Gasteiger partial charge in [0.1, 0.15) is 0 Å². The fourth-order valence-corrected chi connectivity index (χ4v) is 3.04. The van der Waals surface area contributed by atoms with Crippen molar-refractivity contribution < 1.29 is 0 Å². The third kappa shape index (κ3) is 4.55. The highest BCUT2D eigenvalue weighted by molar-refractivity contribution is 4.87. The molecule has 0 aromatic carbocycles. The molecule has 0 radical (unpaired) electrons. The van der Waals surface area contributed by atoms with Gasteiger partial charge < -0.3 is 5.32 Å². The van der Waals surface area contributed by atoms with Crippen molar-refractivity contribution >= 4 is 0 Å². The minimum absolute atomic E-state index is 0.550. The van der Waals surface area contributed by atoms with Crippen molar-refractivity contribution in [2.45, 2.75) is 79.2 Å². The fraction of sp³-hybridized carbons (Fsp3) is 1.00. The van der Waals surface area contributed by atoms with Gasteiger partial charge in [-0.1, -0.05) is 47.0 Å². The van der Waals surface area contributed by atoms with Gasteiger partial charge in [0.15, 0.2) is 0 Å².